The number of fused-ring (bicyclic) bond motifs is 1. The summed E-state index contributed by atoms with van der Waals surface area (Å²) in [6.07, 6.45) is 2.46. The lowest BCUT2D eigenvalue weighted by Gasteiger charge is -2.09. The van der Waals surface area contributed by atoms with Crippen molar-refractivity contribution in [1.29, 1.82) is 0 Å². The van der Waals surface area contributed by atoms with Crippen molar-refractivity contribution in [1.82, 2.24) is 9.10 Å². The molecule has 0 aliphatic carbocycles. The van der Waals surface area contributed by atoms with Crippen molar-refractivity contribution in [2.45, 2.75) is 18.2 Å². The number of nitrogens with zero attached hydrogens (tertiary/aromatic N) is 1. The Morgan fingerprint density at radius 3 is 2.70 bits per heavy atom. The standard InChI is InChI=1S/C18H19N3O4S2/c1-2-9-20-27(23,24)16-6-4-15(5-7-16)25-12-18(22)21-14-3-8-17-13(10-14)11-19-26-17/h3-8,10-11,20H,2,9,12H2,1H3,(H,21,22). The molecule has 0 aliphatic rings. The molecule has 3 rings (SSSR count). The van der Waals surface area contributed by atoms with E-state index in [1.165, 1.54) is 35.8 Å². The van der Waals surface area contributed by atoms with Crippen LogP contribution in [0.1, 0.15) is 13.3 Å². The van der Waals surface area contributed by atoms with E-state index in [1.807, 2.05) is 19.1 Å². The van der Waals surface area contributed by atoms with Crippen molar-refractivity contribution in [2.75, 3.05) is 18.5 Å². The maximum Gasteiger partial charge on any atom is 0.262 e. The monoisotopic (exact) mass is 405 g/mol. The maximum atomic E-state index is 12.0. The molecule has 1 amide bonds. The molecule has 2 N–H and O–H groups in total. The Morgan fingerprint density at radius 1 is 1.19 bits per heavy atom. The van der Waals surface area contributed by atoms with Crippen LogP contribution in [0.2, 0.25) is 0 Å². The molecule has 0 saturated carbocycles. The average Bonchev–Trinajstić information content (AvgIpc) is 3.13. The fraction of sp³-hybridized carbons (Fsp3) is 0.222. The van der Waals surface area contributed by atoms with E-state index in [9.17, 15) is 13.2 Å². The molecule has 0 radical (unpaired) electrons. The van der Waals surface area contributed by atoms with Gasteiger partial charge >= 0.3 is 0 Å². The summed E-state index contributed by atoms with van der Waals surface area (Å²) in [5.41, 5.74) is 0.666. The first-order chi connectivity index (χ1) is 13.0. The van der Waals surface area contributed by atoms with Crippen LogP contribution in [0, 0.1) is 0 Å². The largest absolute Gasteiger partial charge is 0.484 e. The molecule has 142 valence electrons. The highest BCUT2D eigenvalue weighted by Gasteiger charge is 2.13. The maximum absolute atomic E-state index is 12.0. The summed E-state index contributed by atoms with van der Waals surface area (Å²) in [6, 6.07) is 11.5. The first-order valence-electron chi connectivity index (χ1n) is 8.35. The number of anilines is 1. The van der Waals surface area contributed by atoms with E-state index >= 15 is 0 Å². The van der Waals surface area contributed by atoms with Crippen LogP contribution in [0.3, 0.4) is 0 Å². The Labute approximate surface area is 161 Å². The van der Waals surface area contributed by atoms with E-state index < -0.39 is 10.0 Å². The zero-order chi connectivity index (χ0) is 19.3. The fourth-order valence-electron chi connectivity index (χ4n) is 2.33. The molecule has 0 unspecified atom stereocenters. The minimum Gasteiger partial charge on any atom is -0.484 e. The number of hydrogen-bond donors (Lipinski definition) is 2. The molecule has 1 heterocycles. The predicted octanol–water partition coefficient (Wildman–Crippen LogP) is 3.00. The summed E-state index contributed by atoms with van der Waals surface area (Å²) in [6.45, 7) is 2.09. The van der Waals surface area contributed by atoms with Gasteiger partial charge in [-0.3, -0.25) is 4.79 Å². The van der Waals surface area contributed by atoms with Gasteiger partial charge in [0.1, 0.15) is 5.75 Å². The van der Waals surface area contributed by atoms with Gasteiger partial charge < -0.3 is 10.1 Å². The third-order valence-corrected chi connectivity index (χ3v) is 5.94. The van der Waals surface area contributed by atoms with Gasteiger partial charge in [0.25, 0.3) is 5.91 Å². The number of nitrogens with one attached hydrogen (secondary N) is 2. The molecule has 0 spiro atoms. The van der Waals surface area contributed by atoms with Crippen LogP contribution < -0.4 is 14.8 Å². The third-order valence-electron chi connectivity index (χ3n) is 3.68. The number of hydrogen-bond acceptors (Lipinski definition) is 6. The number of carbonyl (C=O) groups is 1. The van der Waals surface area contributed by atoms with Gasteiger partial charge in [0.05, 0.1) is 9.60 Å². The molecule has 9 heteroatoms. The summed E-state index contributed by atoms with van der Waals surface area (Å²) in [5, 5.41) is 3.72. The van der Waals surface area contributed by atoms with Gasteiger partial charge in [-0.25, -0.2) is 13.1 Å². The smallest absolute Gasteiger partial charge is 0.262 e. The van der Waals surface area contributed by atoms with Crippen LogP contribution in [-0.4, -0.2) is 31.9 Å². The Balaban J connectivity index is 1.55. The number of amides is 1. The molecule has 2 aromatic carbocycles. The zero-order valence-electron chi connectivity index (χ0n) is 14.6. The topological polar surface area (TPSA) is 97.4 Å². The highest BCUT2D eigenvalue weighted by Crippen LogP contribution is 2.22. The van der Waals surface area contributed by atoms with Gasteiger partial charge in [-0.1, -0.05) is 6.92 Å². The summed E-state index contributed by atoms with van der Waals surface area (Å²) < 4.78 is 37.1. The van der Waals surface area contributed by atoms with Crippen molar-refractivity contribution in [3.63, 3.8) is 0 Å². The average molecular weight is 406 g/mol. The SMILES string of the molecule is CCCNS(=O)(=O)c1ccc(OCC(=O)Nc2ccc3sncc3c2)cc1. The predicted molar refractivity (Wildman–Crippen MR) is 106 cm³/mol. The lowest BCUT2D eigenvalue weighted by Crippen LogP contribution is -2.24. The van der Waals surface area contributed by atoms with E-state index in [2.05, 4.69) is 14.4 Å². The van der Waals surface area contributed by atoms with Crippen LogP contribution in [-0.2, 0) is 14.8 Å². The van der Waals surface area contributed by atoms with Gasteiger partial charge in [-0.05, 0) is 60.4 Å². The van der Waals surface area contributed by atoms with Gasteiger partial charge in [-0.15, -0.1) is 0 Å². The van der Waals surface area contributed by atoms with Crippen molar-refractivity contribution < 1.29 is 17.9 Å². The first kappa shape index (κ1) is 19.3. The van der Waals surface area contributed by atoms with E-state index in [4.69, 9.17) is 4.74 Å². The summed E-state index contributed by atoms with van der Waals surface area (Å²) in [7, 11) is -3.51. The summed E-state index contributed by atoms with van der Waals surface area (Å²) >= 11 is 1.39. The molecule has 27 heavy (non-hydrogen) atoms. The minimum atomic E-state index is -3.51. The molecule has 0 aliphatic heterocycles. The molecule has 0 saturated heterocycles. The van der Waals surface area contributed by atoms with Gasteiger partial charge in [0, 0.05) is 23.8 Å². The van der Waals surface area contributed by atoms with Gasteiger partial charge in [-0.2, -0.15) is 4.37 Å². The summed E-state index contributed by atoms with van der Waals surface area (Å²) in [5.74, 6) is 0.107. The molecular weight excluding hydrogens is 386 g/mol. The van der Waals surface area contributed by atoms with Crippen LogP contribution >= 0.6 is 11.5 Å². The number of ether oxygens (including phenoxy) is 1. The highest BCUT2D eigenvalue weighted by atomic mass is 32.2. The van der Waals surface area contributed by atoms with Crippen molar-refractivity contribution >= 4 is 43.2 Å². The van der Waals surface area contributed by atoms with Gasteiger partial charge in [0.15, 0.2) is 6.61 Å². The molecule has 0 fully saturated rings. The number of sulfonamides is 1. The van der Waals surface area contributed by atoms with E-state index in [0.29, 0.717) is 24.4 Å². The molecule has 0 bridgehead atoms. The lowest BCUT2D eigenvalue weighted by molar-refractivity contribution is -0.118. The van der Waals surface area contributed by atoms with Crippen molar-refractivity contribution in [3.8, 4) is 5.75 Å². The highest BCUT2D eigenvalue weighted by molar-refractivity contribution is 7.89. The Hall–Kier alpha value is -2.49. The van der Waals surface area contributed by atoms with E-state index in [0.717, 1.165) is 10.1 Å². The molecule has 3 aromatic rings. The second kappa shape index (κ2) is 8.47. The first-order valence-corrected chi connectivity index (χ1v) is 10.6. The molecular formula is C18H19N3O4S2. The second-order valence-electron chi connectivity index (χ2n) is 5.78. The van der Waals surface area contributed by atoms with Crippen molar-refractivity contribution in [3.05, 3.63) is 48.7 Å². The van der Waals surface area contributed by atoms with E-state index in [1.54, 1.807) is 12.3 Å². The second-order valence-corrected chi connectivity index (χ2v) is 8.38. The summed E-state index contributed by atoms with van der Waals surface area (Å²) in [4.78, 5) is 12.2. The van der Waals surface area contributed by atoms with Crippen LogP contribution in [0.4, 0.5) is 5.69 Å². The number of aromatic nitrogens is 1. The third kappa shape index (κ3) is 5.03. The zero-order valence-corrected chi connectivity index (χ0v) is 16.3. The number of benzene rings is 2. The van der Waals surface area contributed by atoms with Gasteiger partial charge in [0.2, 0.25) is 10.0 Å². The Bertz CT molecular complexity index is 1030. The lowest BCUT2D eigenvalue weighted by atomic mass is 10.2. The van der Waals surface area contributed by atoms with Crippen LogP contribution in [0.25, 0.3) is 10.1 Å². The van der Waals surface area contributed by atoms with Crippen LogP contribution in [0.15, 0.2) is 53.6 Å². The molecule has 7 nitrogen and oxygen atoms in total. The molecule has 1 aromatic heterocycles. The Kier molecular flexibility index (Phi) is 6.04. The number of rotatable bonds is 8. The van der Waals surface area contributed by atoms with Crippen LogP contribution in [0.5, 0.6) is 5.75 Å². The molecule has 0 atom stereocenters. The normalized spacial score (nSPS) is 11.4. The number of carbonyl (C=O) groups excluding carboxylic acids is 1. The van der Waals surface area contributed by atoms with E-state index in [-0.39, 0.29) is 17.4 Å². The van der Waals surface area contributed by atoms with Crippen molar-refractivity contribution in [2.24, 2.45) is 0 Å². The Morgan fingerprint density at radius 2 is 1.96 bits per heavy atom. The fourth-order valence-corrected chi connectivity index (χ4v) is 4.09. The quantitative estimate of drug-likeness (QED) is 0.600. The minimum absolute atomic E-state index is 0.158.